The Labute approximate surface area is 204 Å². The van der Waals surface area contributed by atoms with Gasteiger partial charge in [-0.3, -0.25) is 14.5 Å². The molecular weight excluding hydrogens is 458 g/mol. The van der Waals surface area contributed by atoms with E-state index in [1.165, 1.54) is 0 Å². The molecule has 182 valence electrons. The van der Waals surface area contributed by atoms with E-state index < -0.39 is 11.2 Å². The summed E-state index contributed by atoms with van der Waals surface area (Å²) in [4.78, 5) is 39.8. The molecule has 1 amide bonds. The number of carbonyl (C=O) groups is 3. The molecule has 7 nitrogen and oxygen atoms in total. The first-order valence-electron chi connectivity index (χ1n) is 11.9. The number of furan rings is 1. The van der Waals surface area contributed by atoms with E-state index in [0.29, 0.717) is 42.4 Å². The summed E-state index contributed by atoms with van der Waals surface area (Å²) in [5.41, 5.74) is 1.22. The fourth-order valence-electron chi connectivity index (χ4n) is 4.70. The van der Waals surface area contributed by atoms with Gasteiger partial charge in [-0.2, -0.15) is 0 Å². The van der Waals surface area contributed by atoms with E-state index in [1.807, 2.05) is 0 Å². The van der Waals surface area contributed by atoms with E-state index in [2.05, 4.69) is 6.92 Å². The SMILES string of the molecule is CCOC(=O)c1cc(-c2ccc(C(=O)Cl)cc2)oc1N(C(=O)[C@H]1CC[C@H](C)CC1)C1CCOC1. The van der Waals surface area contributed by atoms with Crippen LogP contribution in [-0.2, 0) is 14.3 Å². The largest absolute Gasteiger partial charge is 0.462 e. The van der Waals surface area contributed by atoms with Crippen LogP contribution in [0.15, 0.2) is 34.7 Å². The molecule has 1 aliphatic heterocycles. The molecule has 34 heavy (non-hydrogen) atoms. The minimum atomic E-state index is -0.557. The number of nitrogens with zero attached hydrogens (tertiary/aromatic N) is 1. The van der Waals surface area contributed by atoms with Crippen molar-refractivity contribution in [3.05, 3.63) is 41.5 Å². The summed E-state index contributed by atoms with van der Waals surface area (Å²) in [7, 11) is 0. The maximum absolute atomic E-state index is 13.8. The highest BCUT2D eigenvalue weighted by atomic mass is 35.5. The number of hydrogen-bond acceptors (Lipinski definition) is 6. The van der Waals surface area contributed by atoms with Gasteiger partial charge in [-0.25, -0.2) is 4.79 Å². The fourth-order valence-corrected chi connectivity index (χ4v) is 4.82. The molecular formula is C26H30ClNO6. The lowest BCUT2D eigenvalue weighted by atomic mass is 9.82. The number of benzene rings is 1. The number of esters is 1. The lowest BCUT2D eigenvalue weighted by molar-refractivity contribution is -0.124. The third-order valence-corrected chi connectivity index (χ3v) is 6.91. The lowest BCUT2D eigenvalue weighted by Gasteiger charge is -2.33. The first kappa shape index (κ1) is 24.5. The summed E-state index contributed by atoms with van der Waals surface area (Å²) >= 11 is 5.56. The van der Waals surface area contributed by atoms with Gasteiger partial charge in [0.1, 0.15) is 11.3 Å². The van der Waals surface area contributed by atoms with Crippen LogP contribution in [0.3, 0.4) is 0 Å². The second kappa shape index (κ2) is 10.7. The Hall–Kier alpha value is -2.64. The standard InChI is InChI=1S/C26H30ClNO6/c1-3-33-26(31)21-14-22(17-8-10-18(11-9-17)23(27)29)34-25(21)28(20-12-13-32-15-20)24(30)19-6-4-16(2)5-7-19/h8-11,14,16,19-20H,3-7,12-13,15H2,1-2H3/t16-,19-,20?. The molecule has 2 aromatic rings. The van der Waals surface area contributed by atoms with Gasteiger partial charge in [0.25, 0.3) is 5.24 Å². The molecule has 8 heteroatoms. The van der Waals surface area contributed by atoms with Gasteiger partial charge in [0, 0.05) is 29.7 Å². The van der Waals surface area contributed by atoms with Gasteiger partial charge >= 0.3 is 5.97 Å². The molecule has 1 saturated heterocycles. The normalized spacial score (nSPS) is 22.4. The Morgan fingerprint density at radius 3 is 2.38 bits per heavy atom. The molecule has 2 aliphatic rings. The number of amides is 1. The van der Waals surface area contributed by atoms with Crippen LogP contribution in [0.1, 0.15) is 66.7 Å². The molecule has 1 aromatic carbocycles. The highest BCUT2D eigenvalue weighted by Gasteiger charge is 2.39. The van der Waals surface area contributed by atoms with E-state index >= 15 is 0 Å². The third kappa shape index (κ3) is 5.20. The van der Waals surface area contributed by atoms with Crippen LogP contribution in [0.25, 0.3) is 11.3 Å². The molecule has 0 spiro atoms. The number of rotatable bonds is 7. The summed E-state index contributed by atoms with van der Waals surface area (Å²) in [6, 6.07) is 7.96. The molecule has 1 saturated carbocycles. The van der Waals surface area contributed by atoms with Crippen molar-refractivity contribution in [1.29, 1.82) is 0 Å². The number of ether oxygens (including phenoxy) is 2. The second-order valence-corrected chi connectivity index (χ2v) is 9.43. The minimum Gasteiger partial charge on any atom is -0.462 e. The molecule has 1 aromatic heterocycles. The maximum Gasteiger partial charge on any atom is 0.343 e. The van der Waals surface area contributed by atoms with Crippen LogP contribution < -0.4 is 4.90 Å². The molecule has 1 aliphatic carbocycles. The number of halogens is 1. The van der Waals surface area contributed by atoms with Crippen LogP contribution in [0.5, 0.6) is 0 Å². The highest BCUT2D eigenvalue weighted by molar-refractivity contribution is 6.67. The van der Waals surface area contributed by atoms with Crippen molar-refractivity contribution in [3.63, 3.8) is 0 Å². The Balaban J connectivity index is 1.74. The third-order valence-electron chi connectivity index (χ3n) is 6.70. The van der Waals surface area contributed by atoms with E-state index in [0.717, 1.165) is 25.7 Å². The topological polar surface area (TPSA) is 86.1 Å². The van der Waals surface area contributed by atoms with Gasteiger partial charge in [0.05, 0.1) is 19.3 Å². The van der Waals surface area contributed by atoms with Crippen molar-refractivity contribution >= 4 is 34.6 Å². The Bertz CT molecular complexity index is 1030. The zero-order valence-corrected chi connectivity index (χ0v) is 20.3. The molecule has 0 N–H and O–H groups in total. The van der Waals surface area contributed by atoms with Crippen molar-refractivity contribution in [2.45, 2.75) is 52.0 Å². The number of hydrogen-bond donors (Lipinski definition) is 0. The predicted octanol–water partition coefficient (Wildman–Crippen LogP) is 5.45. The summed E-state index contributed by atoms with van der Waals surface area (Å²) in [6.07, 6.45) is 4.32. The zero-order chi connectivity index (χ0) is 24.2. The monoisotopic (exact) mass is 487 g/mol. The van der Waals surface area contributed by atoms with E-state index in [-0.39, 0.29) is 35.9 Å². The van der Waals surface area contributed by atoms with Gasteiger partial charge in [0.2, 0.25) is 11.8 Å². The predicted molar refractivity (Wildman–Crippen MR) is 128 cm³/mol. The van der Waals surface area contributed by atoms with Crippen LogP contribution in [0, 0.1) is 11.8 Å². The quantitative estimate of drug-likeness (QED) is 0.381. The van der Waals surface area contributed by atoms with Crippen LogP contribution in [0.4, 0.5) is 5.88 Å². The maximum atomic E-state index is 13.8. The molecule has 0 radical (unpaired) electrons. The molecule has 2 fully saturated rings. The summed E-state index contributed by atoms with van der Waals surface area (Å²) < 4.78 is 17.1. The van der Waals surface area contributed by atoms with Gasteiger partial charge in [-0.05, 0) is 68.7 Å². The van der Waals surface area contributed by atoms with Crippen molar-refractivity contribution in [3.8, 4) is 11.3 Å². The number of carbonyl (C=O) groups excluding carboxylic acids is 3. The van der Waals surface area contributed by atoms with Gasteiger partial charge in [-0.15, -0.1) is 0 Å². The van der Waals surface area contributed by atoms with Crippen LogP contribution >= 0.6 is 11.6 Å². The molecule has 1 unspecified atom stereocenters. The summed E-state index contributed by atoms with van der Waals surface area (Å²) in [5.74, 6) is 0.520. The second-order valence-electron chi connectivity index (χ2n) is 9.08. The van der Waals surface area contributed by atoms with Crippen LogP contribution in [-0.4, -0.2) is 43.0 Å². The van der Waals surface area contributed by atoms with Crippen molar-refractivity contribution in [2.24, 2.45) is 11.8 Å². The molecule has 4 rings (SSSR count). The zero-order valence-electron chi connectivity index (χ0n) is 19.6. The summed E-state index contributed by atoms with van der Waals surface area (Å²) in [5, 5.41) is -0.557. The van der Waals surface area contributed by atoms with E-state index in [9.17, 15) is 14.4 Å². The number of anilines is 1. The minimum absolute atomic E-state index is 0.0306. The van der Waals surface area contributed by atoms with Crippen molar-refractivity contribution in [1.82, 2.24) is 0 Å². The Kier molecular flexibility index (Phi) is 7.73. The van der Waals surface area contributed by atoms with Crippen LogP contribution in [0.2, 0.25) is 0 Å². The summed E-state index contributed by atoms with van der Waals surface area (Å²) in [6.45, 7) is 5.08. The van der Waals surface area contributed by atoms with Gasteiger partial charge < -0.3 is 13.9 Å². The Morgan fingerprint density at radius 2 is 1.79 bits per heavy atom. The average Bonchev–Trinajstić information content (AvgIpc) is 3.51. The Morgan fingerprint density at radius 1 is 1.09 bits per heavy atom. The molecule has 1 atom stereocenters. The first-order chi connectivity index (χ1) is 16.4. The van der Waals surface area contributed by atoms with Gasteiger partial charge in [0.15, 0.2) is 0 Å². The smallest absolute Gasteiger partial charge is 0.343 e. The van der Waals surface area contributed by atoms with Crippen molar-refractivity contribution < 1.29 is 28.3 Å². The van der Waals surface area contributed by atoms with Crippen molar-refractivity contribution in [2.75, 3.05) is 24.7 Å². The van der Waals surface area contributed by atoms with E-state index in [1.54, 1.807) is 42.2 Å². The molecule has 0 bridgehead atoms. The van der Waals surface area contributed by atoms with E-state index in [4.69, 9.17) is 25.5 Å². The first-order valence-corrected chi connectivity index (χ1v) is 12.3. The van der Waals surface area contributed by atoms with Gasteiger partial charge in [-0.1, -0.05) is 19.1 Å². The molecule has 2 heterocycles. The highest BCUT2D eigenvalue weighted by Crippen LogP contribution is 2.38. The lowest BCUT2D eigenvalue weighted by Crippen LogP contribution is -2.45. The average molecular weight is 488 g/mol. The fraction of sp³-hybridized carbons (Fsp3) is 0.500.